The average Bonchev–Trinajstić information content (AvgIpc) is 2.65. The van der Waals surface area contributed by atoms with Gasteiger partial charge in [0.25, 0.3) is 5.19 Å². The highest BCUT2D eigenvalue weighted by molar-refractivity contribution is 7.13. The number of nitriles is 1. The SMILES string of the molecule is Cc1cnc(Oc2ccc(C#N)cc2)s1. The van der Waals surface area contributed by atoms with E-state index in [1.807, 2.05) is 6.92 Å². The van der Waals surface area contributed by atoms with Gasteiger partial charge in [0.1, 0.15) is 5.75 Å². The first kappa shape index (κ1) is 9.69. The fourth-order valence-corrected chi connectivity index (χ4v) is 1.70. The number of ether oxygens (including phenoxy) is 1. The summed E-state index contributed by atoms with van der Waals surface area (Å²) in [5.74, 6) is 0.698. The lowest BCUT2D eigenvalue weighted by molar-refractivity contribution is 0.479. The van der Waals surface area contributed by atoms with Gasteiger partial charge in [-0.1, -0.05) is 11.3 Å². The minimum atomic E-state index is 0.622. The Morgan fingerprint density at radius 3 is 2.60 bits per heavy atom. The quantitative estimate of drug-likeness (QED) is 0.774. The van der Waals surface area contributed by atoms with Crippen molar-refractivity contribution in [3.8, 4) is 17.0 Å². The summed E-state index contributed by atoms with van der Waals surface area (Å²) in [6.07, 6.45) is 1.77. The van der Waals surface area contributed by atoms with Gasteiger partial charge in [0.2, 0.25) is 0 Å². The fraction of sp³-hybridized carbons (Fsp3) is 0.0909. The topological polar surface area (TPSA) is 45.9 Å². The molecule has 0 saturated heterocycles. The molecule has 0 fully saturated rings. The molecule has 15 heavy (non-hydrogen) atoms. The molecular weight excluding hydrogens is 208 g/mol. The minimum Gasteiger partial charge on any atom is -0.431 e. The summed E-state index contributed by atoms with van der Waals surface area (Å²) < 4.78 is 5.50. The monoisotopic (exact) mass is 216 g/mol. The van der Waals surface area contributed by atoms with Crippen LogP contribution >= 0.6 is 11.3 Å². The summed E-state index contributed by atoms with van der Waals surface area (Å²) >= 11 is 1.49. The highest BCUT2D eigenvalue weighted by Gasteiger charge is 2.01. The first-order valence-electron chi connectivity index (χ1n) is 4.38. The van der Waals surface area contributed by atoms with Crippen LogP contribution in [-0.2, 0) is 0 Å². The predicted octanol–water partition coefficient (Wildman–Crippen LogP) is 3.12. The van der Waals surface area contributed by atoms with E-state index in [1.54, 1.807) is 30.5 Å². The van der Waals surface area contributed by atoms with Crippen LogP contribution in [0.3, 0.4) is 0 Å². The van der Waals surface area contributed by atoms with Gasteiger partial charge in [0, 0.05) is 11.1 Å². The molecule has 0 spiro atoms. The number of benzene rings is 1. The summed E-state index contributed by atoms with van der Waals surface area (Å²) in [7, 11) is 0. The van der Waals surface area contributed by atoms with E-state index in [4.69, 9.17) is 10.00 Å². The van der Waals surface area contributed by atoms with Crippen LogP contribution < -0.4 is 4.74 Å². The molecule has 0 radical (unpaired) electrons. The number of rotatable bonds is 2. The molecule has 0 aliphatic carbocycles. The third kappa shape index (κ3) is 2.33. The Balaban J connectivity index is 2.15. The number of thiazole rings is 1. The second kappa shape index (κ2) is 4.11. The van der Waals surface area contributed by atoms with E-state index in [0.29, 0.717) is 16.5 Å². The second-order valence-electron chi connectivity index (χ2n) is 2.98. The van der Waals surface area contributed by atoms with Gasteiger partial charge in [-0.15, -0.1) is 0 Å². The molecule has 0 aliphatic heterocycles. The van der Waals surface area contributed by atoms with Crippen molar-refractivity contribution >= 4 is 11.3 Å². The van der Waals surface area contributed by atoms with Crippen LogP contribution in [0.2, 0.25) is 0 Å². The van der Waals surface area contributed by atoms with Crippen molar-refractivity contribution in [1.29, 1.82) is 5.26 Å². The molecule has 2 aromatic rings. The number of hydrogen-bond acceptors (Lipinski definition) is 4. The van der Waals surface area contributed by atoms with Gasteiger partial charge in [-0.25, -0.2) is 4.98 Å². The van der Waals surface area contributed by atoms with Crippen LogP contribution in [0, 0.1) is 18.3 Å². The maximum Gasteiger partial charge on any atom is 0.278 e. The van der Waals surface area contributed by atoms with Crippen LogP contribution in [0.25, 0.3) is 0 Å². The second-order valence-corrected chi connectivity index (χ2v) is 4.17. The van der Waals surface area contributed by atoms with Crippen molar-refractivity contribution < 1.29 is 4.74 Å². The van der Waals surface area contributed by atoms with Gasteiger partial charge < -0.3 is 4.74 Å². The van der Waals surface area contributed by atoms with Crippen LogP contribution in [0.4, 0.5) is 0 Å². The lowest BCUT2D eigenvalue weighted by Gasteiger charge is -2.00. The predicted molar refractivity (Wildman–Crippen MR) is 58.1 cm³/mol. The average molecular weight is 216 g/mol. The molecule has 3 nitrogen and oxygen atoms in total. The highest BCUT2D eigenvalue weighted by atomic mass is 32.1. The molecule has 0 unspecified atom stereocenters. The first-order chi connectivity index (χ1) is 7.28. The Labute approximate surface area is 91.6 Å². The Hall–Kier alpha value is -1.86. The molecule has 4 heteroatoms. The van der Waals surface area contributed by atoms with E-state index in [2.05, 4.69) is 11.1 Å². The molecular formula is C11H8N2OS. The molecule has 0 saturated carbocycles. The summed E-state index contributed by atoms with van der Waals surface area (Å²) in [6, 6.07) is 9.01. The standard InChI is InChI=1S/C11H8N2OS/c1-8-7-13-11(15-8)14-10-4-2-9(6-12)3-5-10/h2-5,7H,1H3. The molecule has 0 atom stereocenters. The molecule has 74 valence electrons. The van der Waals surface area contributed by atoms with E-state index in [1.165, 1.54) is 11.3 Å². The van der Waals surface area contributed by atoms with Crippen LogP contribution in [-0.4, -0.2) is 4.98 Å². The zero-order valence-electron chi connectivity index (χ0n) is 8.10. The number of aromatic nitrogens is 1. The van der Waals surface area contributed by atoms with Crippen molar-refractivity contribution in [3.63, 3.8) is 0 Å². The van der Waals surface area contributed by atoms with Crippen molar-refractivity contribution in [3.05, 3.63) is 40.9 Å². The van der Waals surface area contributed by atoms with Crippen LogP contribution in [0.1, 0.15) is 10.4 Å². The molecule has 0 aliphatic rings. The van der Waals surface area contributed by atoms with E-state index < -0.39 is 0 Å². The van der Waals surface area contributed by atoms with Gasteiger partial charge in [-0.05, 0) is 31.2 Å². The van der Waals surface area contributed by atoms with Crippen molar-refractivity contribution in [2.45, 2.75) is 6.92 Å². The number of nitrogens with zero attached hydrogens (tertiary/aromatic N) is 2. The van der Waals surface area contributed by atoms with Gasteiger partial charge in [0.05, 0.1) is 11.6 Å². The third-order valence-electron chi connectivity index (χ3n) is 1.79. The lowest BCUT2D eigenvalue weighted by Crippen LogP contribution is -1.82. The minimum absolute atomic E-state index is 0.622. The normalized spacial score (nSPS) is 9.60. The number of aryl methyl sites for hydroxylation is 1. The van der Waals surface area contributed by atoms with Gasteiger partial charge in [0.15, 0.2) is 0 Å². The van der Waals surface area contributed by atoms with Gasteiger partial charge in [-0.3, -0.25) is 0 Å². The third-order valence-corrected chi connectivity index (χ3v) is 2.58. The zero-order valence-corrected chi connectivity index (χ0v) is 8.91. The smallest absolute Gasteiger partial charge is 0.278 e. The van der Waals surface area contributed by atoms with E-state index in [0.717, 1.165) is 4.88 Å². The highest BCUT2D eigenvalue weighted by Crippen LogP contribution is 2.25. The molecule has 0 N–H and O–H groups in total. The zero-order chi connectivity index (χ0) is 10.7. The van der Waals surface area contributed by atoms with Gasteiger partial charge in [-0.2, -0.15) is 5.26 Å². The fourth-order valence-electron chi connectivity index (χ4n) is 1.08. The van der Waals surface area contributed by atoms with E-state index >= 15 is 0 Å². The van der Waals surface area contributed by atoms with Crippen molar-refractivity contribution in [2.75, 3.05) is 0 Å². The molecule has 2 rings (SSSR count). The van der Waals surface area contributed by atoms with Crippen LogP contribution in [0.5, 0.6) is 10.9 Å². The van der Waals surface area contributed by atoms with Crippen molar-refractivity contribution in [1.82, 2.24) is 4.98 Å². The van der Waals surface area contributed by atoms with Gasteiger partial charge >= 0.3 is 0 Å². The van der Waals surface area contributed by atoms with Crippen molar-refractivity contribution in [2.24, 2.45) is 0 Å². The number of hydrogen-bond donors (Lipinski definition) is 0. The molecule has 0 amide bonds. The summed E-state index contributed by atoms with van der Waals surface area (Å²) in [5.41, 5.74) is 0.623. The maximum atomic E-state index is 8.62. The Kier molecular flexibility index (Phi) is 2.66. The molecule has 1 aromatic heterocycles. The van der Waals surface area contributed by atoms with E-state index in [9.17, 15) is 0 Å². The Morgan fingerprint density at radius 1 is 1.33 bits per heavy atom. The summed E-state index contributed by atoms with van der Waals surface area (Å²) in [4.78, 5) is 5.19. The Bertz CT molecular complexity index is 496. The molecule has 1 aromatic carbocycles. The molecule has 0 bridgehead atoms. The van der Waals surface area contributed by atoms with Crippen LogP contribution in [0.15, 0.2) is 30.5 Å². The first-order valence-corrected chi connectivity index (χ1v) is 5.20. The largest absolute Gasteiger partial charge is 0.431 e. The van der Waals surface area contributed by atoms with E-state index in [-0.39, 0.29) is 0 Å². The lowest BCUT2D eigenvalue weighted by atomic mass is 10.2. The maximum absolute atomic E-state index is 8.62. The summed E-state index contributed by atoms with van der Waals surface area (Å²) in [5, 5.41) is 9.24. The summed E-state index contributed by atoms with van der Waals surface area (Å²) in [6.45, 7) is 1.98. The molecule has 1 heterocycles. The Morgan fingerprint density at radius 2 is 2.07 bits per heavy atom.